The molecule has 0 unspecified atom stereocenters. The molecule has 0 heterocycles. The summed E-state index contributed by atoms with van der Waals surface area (Å²) in [4.78, 5) is 35.4. The third-order valence-corrected chi connectivity index (χ3v) is 4.08. The maximum Gasteiger partial charge on any atom is 0.407 e. The highest BCUT2D eigenvalue weighted by molar-refractivity contribution is 5.87. The summed E-state index contributed by atoms with van der Waals surface area (Å²) < 4.78 is 5.02. The lowest BCUT2D eigenvalue weighted by Crippen LogP contribution is -2.47. The van der Waals surface area contributed by atoms with Gasteiger partial charge in [-0.3, -0.25) is 9.59 Å². The fourth-order valence-electron chi connectivity index (χ4n) is 2.59. The summed E-state index contributed by atoms with van der Waals surface area (Å²) in [5, 5.41) is 14.9. The van der Waals surface area contributed by atoms with Gasteiger partial charge in [0, 0.05) is 13.0 Å². The summed E-state index contributed by atoms with van der Waals surface area (Å²) in [6.07, 6.45) is -1.88. The van der Waals surface area contributed by atoms with E-state index in [-0.39, 0.29) is 26.0 Å². The molecule has 8 heteroatoms. The number of carbonyl (C=O) groups is 3. The van der Waals surface area contributed by atoms with Crippen LogP contribution >= 0.6 is 0 Å². The zero-order chi connectivity index (χ0) is 21.1. The Morgan fingerprint density at radius 2 is 1.55 bits per heavy atom. The smallest absolute Gasteiger partial charge is 0.407 e. The van der Waals surface area contributed by atoms with Crippen LogP contribution in [-0.2, 0) is 27.4 Å². The van der Waals surface area contributed by atoms with E-state index >= 15 is 0 Å². The fraction of sp³-hybridized carbons (Fsp3) is 0.286. The number of nitrogens with two attached hydrogens (primary N) is 1. The Kier molecular flexibility index (Phi) is 8.65. The molecule has 0 saturated carbocycles. The van der Waals surface area contributed by atoms with Gasteiger partial charge in [0.05, 0.1) is 12.5 Å². The predicted molar refractivity (Wildman–Crippen MR) is 107 cm³/mol. The summed E-state index contributed by atoms with van der Waals surface area (Å²) in [6.45, 7) is -0.0655. The highest BCUT2D eigenvalue weighted by Gasteiger charge is 2.20. The van der Waals surface area contributed by atoms with Gasteiger partial charge in [0.15, 0.2) is 0 Å². The molecule has 29 heavy (non-hydrogen) atoms. The molecule has 0 aliphatic rings. The van der Waals surface area contributed by atoms with Crippen LogP contribution in [0, 0.1) is 0 Å². The first kappa shape index (κ1) is 21.9. The van der Waals surface area contributed by atoms with Crippen molar-refractivity contribution in [3.8, 4) is 0 Å². The van der Waals surface area contributed by atoms with E-state index in [0.29, 0.717) is 0 Å². The number of alkyl carbamates (subject to hydrolysis) is 1. The highest BCUT2D eigenvalue weighted by Crippen LogP contribution is 2.04. The van der Waals surface area contributed by atoms with Gasteiger partial charge in [-0.2, -0.15) is 0 Å². The standard InChI is InChI=1S/C21H25N3O5/c22-20(27)18(11-15-7-3-1-4-8-15)24-19(26)12-17(25)13-23-21(28)29-14-16-9-5-2-6-10-16/h1-10,17-18,25H,11-14H2,(H2,22,27)(H,23,28)(H,24,26)/t17-,18-/m1/s1. The Morgan fingerprint density at radius 3 is 2.14 bits per heavy atom. The van der Waals surface area contributed by atoms with Gasteiger partial charge in [-0.25, -0.2) is 4.79 Å². The van der Waals surface area contributed by atoms with Gasteiger partial charge in [-0.15, -0.1) is 0 Å². The molecule has 2 atom stereocenters. The van der Waals surface area contributed by atoms with Crippen LogP contribution in [0.15, 0.2) is 60.7 Å². The lowest BCUT2D eigenvalue weighted by Gasteiger charge is -2.17. The molecule has 0 fully saturated rings. The van der Waals surface area contributed by atoms with Crippen LogP contribution in [0.5, 0.6) is 0 Å². The van der Waals surface area contributed by atoms with Crippen molar-refractivity contribution in [1.29, 1.82) is 0 Å². The second-order valence-corrected chi connectivity index (χ2v) is 6.51. The molecule has 0 radical (unpaired) electrons. The summed E-state index contributed by atoms with van der Waals surface area (Å²) >= 11 is 0. The van der Waals surface area contributed by atoms with Crippen LogP contribution < -0.4 is 16.4 Å². The number of aliphatic hydroxyl groups is 1. The Bertz CT molecular complexity index is 798. The summed E-state index contributed by atoms with van der Waals surface area (Å²) in [5.41, 5.74) is 7.03. The maximum atomic E-state index is 12.1. The van der Waals surface area contributed by atoms with Crippen molar-refractivity contribution in [3.63, 3.8) is 0 Å². The van der Waals surface area contributed by atoms with Gasteiger partial charge in [-0.05, 0) is 11.1 Å². The van der Waals surface area contributed by atoms with E-state index in [0.717, 1.165) is 11.1 Å². The van der Waals surface area contributed by atoms with Gasteiger partial charge in [0.25, 0.3) is 0 Å². The number of benzene rings is 2. The second-order valence-electron chi connectivity index (χ2n) is 6.51. The molecule has 2 rings (SSSR count). The molecule has 3 amide bonds. The summed E-state index contributed by atoms with van der Waals surface area (Å²) in [7, 11) is 0. The molecule has 0 saturated heterocycles. The van der Waals surface area contributed by atoms with E-state index in [1.807, 2.05) is 60.7 Å². The summed E-state index contributed by atoms with van der Waals surface area (Å²) in [5.74, 6) is -1.21. The number of carbonyl (C=O) groups excluding carboxylic acids is 3. The van der Waals surface area contributed by atoms with Crippen LogP contribution in [0.3, 0.4) is 0 Å². The van der Waals surface area contributed by atoms with Crippen LogP contribution in [0.2, 0.25) is 0 Å². The van der Waals surface area contributed by atoms with E-state index in [9.17, 15) is 19.5 Å². The van der Waals surface area contributed by atoms with Crippen molar-refractivity contribution >= 4 is 17.9 Å². The monoisotopic (exact) mass is 399 g/mol. The molecular weight excluding hydrogens is 374 g/mol. The third-order valence-electron chi connectivity index (χ3n) is 4.08. The number of hydrogen-bond donors (Lipinski definition) is 4. The van der Waals surface area contributed by atoms with Crippen LogP contribution in [0.1, 0.15) is 17.5 Å². The molecule has 5 N–H and O–H groups in total. The molecule has 0 aliphatic carbocycles. The lowest BCUT2D eigenvalue weighted by atomic mass is 10.1. The number of nitrogens with one attached hydrogen (secondary N) is 2. The number of aliphatic hydroxyl groups excluding tert-OH is 1. The van der Waals surface area contributed by atoms with E-state index in [4.69, 9.17) is 10.5 Å². The molecular formula is C21H25N3O5. The first-order valence-corrected chi connectivity index (χ1v) is 9.19. The topological polar surface area (TPSA) is 131 Å². The first-order chi connectivity index (χ1) is 13.9. The number of amides is 3. The van der Waals surface area contributed by atoms with Crippen LogP contribution in [0.4, 0.5) is 4.79 Å². The van der Waals surface area contributed by atoms with Crippen molar-refractivity contribution in [2.75, 3.05) is 6.54 Å². The molecule has 0 spiro atoms. The van der Waals surface area contributed by atoms with Crippen molar-refractivity contribution < 1.29 is 24.2 Å². The molecule has 0 aromatic heterocycles. The van der Waals surface area contributed by atoms with Gasteiger partial charge in [-0.1, -0.05) is 60.7 Å². The molecule has 2 aromatic carbocycles. The van der Waals surface area contributed by atoms with Crippen LogP contribution in [-0.4, -0.2) is 41.7 Å². The number of primary amides is 1. The zero-order valence-corrected chi connectivity index (χ0v) is 15.9. The van der Waals surface area contributed by atoms with Crippen LogP contribution in [0.25, 0.3) is 0 Å². The molecule has 2 aromatic rings. The minimum atomic E-state index is -1.13. The van der Waals surface area contributed by atoms with Gasteiger partial charge in [0.2, 0.25) is 11.8 Å². The SMILES string of the molecule is NC(=O)[C@@H](Cc1ccccc1)NC(=O)C[C@@H](O)CNC(=O)OCc1ccccc1. The first-order valence-electron chi connectivity index (χ1n) is 9.19. The van der Waals surface area contributed by atoms with Gasteiger partial charge < -0.3 is 26.2 Å². The van der Waals surface area contributed by atoms with E-state index < -0.39 is 30.1 Å². The molecule has 0 bridgehead atoms. The minimum Gasteiger partial charge on any atom is -0.445 e. The quantitative estimate of drug-likeness (QED) is 0.471. The Morgan fingerprint density at radius 1 is 0.966 bits per heavy atom. The number of rotatable bonds is 10. The maximum absolute atomic E-state index is 12.1. The van der Waals surface area contributed by atoms with E-state index in [2.05, 4.69) is 10.6 Å². The Labute approximate surface area is 169 Å². The molecule has 8 nitrogen and oxygen atoms in total. The number of ether oxygens (including phenoxy) is 1. The zero-order valence-electron chi connectivity index (χ0n) is 15.9. The summed E-state index contributed by atoms with van der Waals surface area (Å²) in [6, 6.07) is 17.4. The van der Waals surface area contributed by atoms with Gasteiger partial charge >= 0.3 is 6.09 Å². The average molecular weight is 399 g/mol. The number of hydrogen-bond acceptors (Lipinski definition) is 5. The largest absolute Gasteiger partial charge is 0.445 e. The Balaban J connectivity index is 1.71. The minimum absolute atomic E-state index is 0.100. The lowest BCUT2D eigenvalue weighted by molar-refractivity contribution is -0.128. The van der Waals surface area contributed by atoms with E-state index in [1.54, 1.807) is 0 Å². The van der Waals surface area contributed by atoms with Crippen molar-refractivity contribution in [2.24, 2.45) is 5.73 Å². The van der Waals surface area contributed by atoms with Gasteiger partial charge in [0.1, 0.15) is 12.6 Å². The fourth-order valence-corrected chi connectivity index (χ4v) is 2.59. The predicted octanol–water partition coefficient (Wildman–Crippen LogP) is 0.877. The van der Waals surface area contributed by atoms with Crippen molar-refractivity contribution in [2.45, 2.75) is 31.6 Å². The second kappa shape index (κ2) is 11.5. The third kappa shape index (κ3) is 8.44. The van der Waals surface area contributed by atoms with E-state index in [1.165, 1.54) is 0 Å². The van der Waals surface area contributed by atoms with Crippen molar-refractivity contribution in [3.05, 3.63) is 71.8 Å². The Hall–Kier alpha value is -3.39. The van der Waals surface area contributed by atoms with Crippen molar-refractivity contribution in [1.82, 2.24) is 10.6 Å². The highest BCUT2D eigenvalue weighted by atomic mass is 16.5. The molecule has 0 aliphatic heterocycles. The normalized spacial score (nSPS) is 12.4. The molecule has 154 valence electrons. The average Bonchev–Trinajstić information content (AvgIpc) is 2.71.